The Kier molecular flexibility index (Phi) is 5.62. The zero-order valence-electron chi connectivity index (χ0n) is 14.2. The van der Waals surface area contributed by atoms with Gasteiger partial charge in [-0.15, -0.1) is 0 Å². The highest BCUT2D eigenvalue weighted by Gasteiger charge is 2.27. The van der Waals surface area contributed by atoms with Crippen LogP contribution >= 0.6 is 0 Å². The minimum atomic E-state index is -3.65. The number of rotatable bonds is 5. The second-order valence-electron chi connectivity index (χ2n) is 5.97. The van der Waals surface area contributed by atoms with Gasteiger partial charge in [0.25, 0.3) is 5.91 Å². The van der Waals surface area contributed by atoms with Crippen molar-refractivity contribution in [1.82, 2.24) is 9.73 Å². The molecule has 142 valence electrons. The lowest BCUT2D eigenvalue weighted by Gasteiger charge is -2.15. The summed E-state index contributed by atoms with van der Waals surface area (Å²) >= 11 is 0. The molecule has 0 spiro atoms. The molecule has 9 heteroatoms. The van der Waals surface area contributed by atoms with Crippen LogP contribution in [0.4, 0.5) is 8.78 Å². The Morgan fingerprint density at radius 1 is 1.07 bits per heavy atom. The monoisotopic (exact) mass is 393 g/mol. The zero-order chi connectivity index (χ0) is 19.4. The summed E-state index contributed by atoms with van der Waals surface area (Å²) in [5.74, 6) is -2.32. The van der Waals surface area contributed by atoms with E-state index in [0.717, 1.165) is 31.2 Å². The number of sulfonamides is 1. The Morgan fingerprint density at radius 2 is 1.70 bits per heavy atom. The number of hydrogen-bond acceptors (Lipinski definition) is 4. The number of nitrogens with zero attached hydrogens (tertiary/aromatic N) is 2. The first-order valence-corrected chi connectivity index (χ1v) is 9.71. The van der Waals surface area contributed by atoms with Crippen molar-refractivity contribution >= 4 is 22.1 Å². The van der Waals surface area contributed by atoms with E-state index in [1.807, 2.05) is 0 Å². The van der Waals surface area contributed by atoms with Crippen molar-refractivity contribution in [2.75, 3.05) is 13.1 Å². The third-order valence-electron chi connectivity index (χ3n) is 4.16. The van der Waals surface area contributed by atoms with E-state index in [4.69, 9.17) is 0 Å². The highest BCUT2D eigenvalue weighted by Crippen LogP contribution is 2.21. The molecule has 2 aromatic carbocycles. The van der Waals surface area contributed by atoms with Crippen LogP contribution in [0.2, 0.25) is 0 Å². The molecule has 1 N–H and O–H groups in total. The molecule has 1 amide bonds. The first kappa shape index (κ1) is 19.1. The highest BCUT2D eigenvalue weighted by atomic mass is 32.2. The third kappa shape index (κ3) is 4.20. The van der Waals surface area contributed by atoms with Gasteiger partial charge in [-0.2, -0.15) is 9.41 Å². The molecule has 1 saturated heterocycles. The number of benzene rings is 2. The van der Waals surface area contributed by atoms with E-state index in [9.17, 15) is 22.0 Å². The fourth-order valence-corrected chi connectivity index (χ4v) is 4.29. The fraction of sp³-hybridized carbons (Fsp3) is 0.222. The van der Waals surface area contributed by atoms with E-state index in [2.05, 4.69) is 10.5 Å². The number of carbonyl (C=O) groups excluding carboxylic acids is 1. The average Bonchev–Trinajstić information content (AvgIpc) is 3.20. The zero-order valence-corrected chi connectivity index (χ0v) is 15.0. The van der Waals surface area contributed by atoms with Crippen LogP contribution in [0.15, 0.2) is 52.5 Å². The molecular formula is C18H17F2N3O3S. The molecule has 2 aromatic rings. The molecule has 0 radical (unpaired) electrons. The molecule has 0 saturated carbocycles. The largest absolute Gasteiger partial charge is 0.271 e. The van der Waals surface area contributed by atoms with Crippen molar-refractivity contribution in [2.45, 2.75) is 17.7 Å². The Hall–Kier alpha value is -2.65. The van der Waals surface area contributed by atoms with Gasteiger partial charge in [0.05, 0.1) is 16.7 Å². The predicted octanol–water partition coefficient (Wildman–Crippen LogP) is 2.51. The molecule has 1 aliphatic heterocycles. The van der Waals surface area contributed by atoms with Gasteiger partial charge in [-0.05, 0) is 43.2 Å². The molecule has 6 nitrogen and oxygen atoms in total. The Balaban J connectivity index is 1.75. The lowest BCUT2D eigenvalue weighted by atomic mass is 10.2. The summed E-state index contributed by atoms with van der Waals surface area (Å²) in [5.41, 5.74) is 1.82. The van der Waals surface area contributed by atoms with Gasteiger partial charge in [0, 0.05) is 18.7 Å². The van der Waals surface area contributed by atoms with Gasteiger partial charge in [0.15, 0.2) is 0 Å². The quantitative estimate of drug-likeness (QED) is 0.626. The van der Waals surface area contributed by atoms with Crippen molar-refractivity contribution in [3.05, 3.63) is 65.2 Å². The Morgan fingerprint density at radius 3 is 2.37 bits per heavy atom. The van der Waals surface area contributed by atoms with Gasteiger partial charge >= 0.3 is 0 Å². The van der Waals surface area contributed by atoms with Crippen molar-refractivity contribution in [2.24, 2.45) is 5.10 Å². The summed E-state index contributed by atoms with van der Waals surface area (Å²) in [7, 11) is -3.65. The van der Waals surface area contributed by atoms with Crippen LogP contribution in [0.25, 0.3) is 0 Å². The molecule has 0 aliphatic carbocycles. The third-order valence-corrected chi connectivity index (χ3v) is 6.05. The maximum absolute atomic E-state index is 13.5. The lowest BCUT2D eigenvalue weighted by molar-refractivity contribution is 0.0955. The lowest BCUT2D eigenvalue weighted by Crippen LogP contribution is -2.28. The summed E-state index contributed by atoms with van der Waals surface area (Å²) in [6, 6.07) is 8.91. The number of nitrogens with one attached hydrogen (secondary N) is 1. The van der Waals surface area contributed by atoms with Crippen LogP contribution in [-0.2, 0) is 10.0 Å². The van der Waals surface area contributed by atoms with Crippen molar-refractivity contribution in [1.29, 1.82) is 0 Å². The SMILES string of the molecule is O=C(N/N=C\c1c(F)cccc1F)c1cccc(S(=O)(=O)N2CCCC2)c1. The van der Waals surface area contributed by atoms with E-state index in [0.29, 0.717) is 13.1 Å². The van der Waals surface area contributed by atoms with Crippen molar-refractivity contribution < 1.29 is 22.0 Å². The van der Waals surface area contributed by atoms with Crippen LogP contribution in [0, 0.1) is 11.6 Å². The first-order chi connectivity index (χ1) is 12.9. The predicted molar refractivity (Wildman–Crippen MR) is 95.9 cm³/mol. The first-order valence-electron chi connectivity index (χ1n) is 8.27. The van der Waals surface area contributed by atoms with Gasteiger partial charge < -0.3 is 0 Å². The Bertz CT molecular complexity index is 967. The van der Waals surface area contributed by atoms with Gasteiger partial charge in [-0.25, -0.2) is 22.6 Å². The molecule has 1 aliphatic rings. The van der Waals surface area contributed by atoms with Gasteiger partial charge in [0.1, 0.15) is 11.6 Å². The van der Waals surface area contributed by atoms with Crippen LogP contribution in [0.1, 0.15) is 28.8 Å². The molecule has 0 bridgehead atoms. The maximum Gasteiger partial charge on any atom is 0.271 e. The highest BCUT2D eigenvalue weighted by molar-refractivity contribution is 7.89. The normalized spacial score (nSPS) is 15.3. The van der Waals surface area contributed by atoms with Gasteiger partial charge in [0.2, 0.25) is 10.0 Å². The summed E-state index contributed by atoms with van der Waals surface area (Å²) in [6.07, 6.45) is 2.47. The second-order valence-corrected chi connectivity index (χ2v) is 7.91. The maximum atomic E-state index is 13.5. The van der Waals surface area contributed by atoms with Crippen molar-refractivity contribution in [3.8, 4) is 0 Å². The standard InChI is InChI=1S/C18H17F2N3O3S/c19-16-7-4-8-17(20)15(16)12-21-22-18(24)13-5-3-6-14(11-13)27(25,26)23-9-1-2-10-23/h3-8,11-12H,1-2,9-10H2,(H,22,24)/b21-12-. The number of carbonyl (C=O) groups is 1. The minimum Gasteiger partial charge on any atom is -0.267 e. The molecule has 1 heterocycles. The molecule has 3 rings (SSSR count). The molecule has 0 aromatic heterocycles. The number of amides is 1. The van der Waals surface area contributed by atoms with E-state index in [-0.39, 0.29) is 16.0 Å². The Labute approximate surface area is 155 Å². The van der Waals surface area contributed by atoms with Gasteiger partial charge in [-0.1, -0.05) is 12.1 Å². The fourth-order valence-electron chi connectivity index (χ4n) is 2.73. The smallest absolute Gasteiger partial charge is 0.267 e. The molecule has 0 unspecified atom stereocenters. The number of hydrogen-bond donors (Lipinski definition) is 1. The molecule has 27 heavy (non-hydrogen) atoms. The van der Waals surface area contributed by atoms with E-state index < -0.39 is 27.6 Å². The van der Waals surface area contributed by atoms with Crippen molar-refractivity contribution in [3.63, 3.8) is 0 Å². The van der Waals surface area contributed by atoms with E-state index in [1.165, 1.54) is 34.6 Å². The topological polar surface area (TPSA) is 78.8 Å². The minimum absolute atomic E-state index is 0.0150. The van der Waals surface area contributed by atoms with E-state index in [1.54, 1.807) is 0 Å². The molecule has 1 fully saturated rings. The van der Waals surface area contributed by atoms with Gasteiger partial charge in [-0.3, -0.25) is 4.79 Å². The van der Waals surface area contributed by atoms with Crippen LogP contribution in [-0.4, -0.2) is 37.9 Å². The summed E-state index contributed by atoms with van der Waals surface area (Å²) < 4.78 is 53.5. The van der Waals surface area contributed by atoms with Crippen LogP contribution in [0.3, 0.4) is 0 Å². The van der Waals surface area contributed by atoms with Crippen LogP contribution < -0.4 is 5.43 Å². The summed E-state index contributed by atoms with van der Waals surface area (Å²) in [6.45, 7) is 0.911. The molecular weight excluding hydrogens is 376 g/mol. The van der Waals surface area contributed by atoms with Crippen LogP contribution in [0.5, 0.6) is 0 Å². The summed E-state index contributed by atoms with van der Waals surface area (Å²) in [5, 5.41) is 3.54. The summed E-state index contributed by atoms with van der Waals surface area (Å²) in [4.78, 5) is 12.2. The van der Waals surface area contributed by atoms with E-state index >= 15 is 0 Å². The average molecular weight is 393 g/mol. The number of hydrazone groups is 1. The molecule has 0 atom stereocenters. The number of halogens is 2. The second kappa shape index (κ2) is 7.93.